The molecule has 0 radical (unpaired) electrons. The fourth-order valence-corrected chi connectivity index (χ4v) is 3.55. The van der Waals surface area contributed by atoms with Crippen LogP contribution in [0.15, 0.2) is 47.4 Å². The first-order valence-electron chi connectivity index (χ1n) is 7.18. The van der Waals surface area contributed by atoms with Gasteiger partial charge in [0.05, 0.1) is 23.5 Å². The number of hydrogen-bond acceptors (Lipinski definition) is 4. The molecule has 2 amide bonds. The smallest absolute Gasteiger partial charge is 0.250 e. The summed E-state index contributed by atoms with van der Waals surface area (Å²) in [5, 5.41) is 5.87. The minimum Gasteiger partial charge on any atom is -0.497 e. The van der Waals surface area contributed by atoms with Gasteiger partial charge in [0.25, 0.3) is 0 Å². The van der Waals surface area contributed by atoms with Crippen molar-refractivity contribution in [1.29, 1.82) is 0 Å². The topological polar surface area (TPSA) is 67.4 Å². The lowest BCUT2D eigenvalue weighted by molar-refractivity contribution is -0.126. The summed E-state index contributed by atoms with van der Waals surface area (Å²) in [6, 6.07) is 12.3. The number of para-hydroxylation sites is 1. The number of thioether (sulfide) groups is 1. The van der Waals surface area contributed by atoms with E-state index >= 15 is 0 Å². The van der Waals surface area contributed by atoms with E-state index in [1.165, 1.54) is 18.9 Å². The molecule has 0 spiro atoms. The number of carbonyl (C=O) groups is 2. The SMILES string of the molecule is COc1ccc(Cl)c(NC(=O)C2(C)Sc3ccccc3NC2=O)c1. The third-order valence-corrected chi connectivity index (χ3v) is 5.42. The number of hydrogen-bond donors (Lipinski definition) is 2. The second kappa shape index (κ2) is 6.37. The third kappa shape index (κ3) is 2.95. The van der Waals surface area contributed by atoms with Crippen molar-refractivity contribution in [2.75, 3.05) is 17.7 Å². The van der Waals surface area contributed by atoms with E-state index in [1.807, 2.05) is 18.2 Å². The van der Waals surface area contributed by atoms with Gasteiger partial charge in [-0.25, -0.2) is 0 Å². The molecular weight excluding hydrogens is 348 g/mol. The summed E-state index contributed by atoms with van der Waals surface area (Å²) >= 11 is 7.33. The van der Waals surface area contributed by atoms with E-state index < -0.39 is 10.7 Å². The Morgan fingerprint density at radius 2 is 2.04 bits per heavy atom. The molecule has 1 atom stereocenters. The van der Waals surface area contributed by atoms with E-state index in [9.17, 15) is 9.59 Å². The van der Waals surface area contributed by atoms with Gasteiger partial charge in [0.2, 0.25) is 11.8 Å². The molecule has 1 unspecified atom stereocenters. The second-order valence-electron chi connectivity index (χ2n) is 5.39. The van der Waals surface area contributed by atoms with Crippen LogP contribution in [0, 0.1) is 0 Å². The van der Waals surface area contributed by atoms with E-state index in [-0.39, 0.29) is 5.91 Å². The van der Waals surface area contributed by atoms with Gasteiger partial charge in [-0.1, -0.05) is 35.5 Å². The number of benzene rings is 2. The van der Waals surface area contributed by atoms with Crippen LogP contribution >= 0.6 is 23.4 Å². The van der Waals surface area contributed by atoms with Crippen LogP contribution in [0.3, 0.4) is 0 Å². The van der Waals surface area contributed by atoms with Crippen LogP contribution < -0.4 is 15.4 Å². The highest BCUT2D eigenvalue weighted by molar-refractivity contribution is 8.02. The Morgan fingerprint density at radius 1 is 1.29 bits per heavy atom. The number of ether oxygens (including phenoxy) is 1. The largest absolute Gasteiger partial charge is 0.497 e. The van der Waals surface area contributed by atoms with Crippen LogP contribution in [0.4, 0.5) is 11.4 Å². The zero-order valence-electron chi connectivity index (χ0n) is 13.1. The molecular formula is C17H15ClN2O3S. The van der Waals surface area contributed by atoms with Crippen molar-refractivity contribution in [2.45, 2.75) is 16.6 Å². The van der Waals surface area contributed by atoms with Crippen molar-refractivity contribution in [2.24, 2.45) is 0 Å². The van der Waals surface area contributed by atoms with Crippen LogP contribution in [-0.2, 0) is 9.59 Å². The van der Waals surface area contributed by atoms with Crippen molar-refractivity contribution in [3.63, 3.8) is 0 Å². The van der Waals surface area contributed by atoms with Gasteiger partial charge in [-0.05, 0) is 31.2 Å². The predicted octanol–water partition coefficient (Wildman–Crippen LogP) is 3.79. The zero-order chi connectivity index (χ0) is 17.3. The lowest BCUT2D eigenvalue weighted by Crippen LogP contribution is -2.49. The average Bonchev–Trinajstić information content (AvgIpc) is 2.57. The monoisotopic (exact) mass is 362 g/mol. The van der Waals surface area contributed by atoms with E-state index in [0.29, 0.717) is 22.1 Å². The molecule has 1 heterocycles. The van der Waals surface area contributed by atoms with Gasteiger partial charge in [-0.15, -0.1) is 0 Å². The predicted molar refractivity (Wildman–Crippen MR) is 96.0 cm³/mol. The number of carbonyl (C=O) groups excluding carboxylic acids is 2. The van der Waals surface area contributed by atoms with E-state index in [1.54, 1.807) is 31.2 Å². The Morgan fingerprint density at radius 3 is 2.79 bits per heavy atom. The molecule has 5 nitrogen and oxygen atoms in total. The number of anilines is 2. The maximum Gasteiger partial charge on any atom is 0.250 e. The van der Waals surface area contributed by atoms with E-state index in [4.69, 9.17) is 16.3 Å². The lowest BCUT2D eigenvalue weighted by atomic mass is 10.1. The zero-order valence-corrected chi connectivity index (χ0v) is 14.6. The molecule has 3 rings (SSSR count). The highest BCUT2D eigenvalue weighted by atomic mass is 35.5. The minimum atomic E-state index is -1.30. The molecule has 1 aliphatic rings. The summed E-state index contributed by atoms with van der Waals surface area (Å²) in [5.41, 5.74) is 1.10. The highest BCUT2D eigenvalue weighted by Gasteiger charge is 2.46. The van der Waals surface area contributed by atoms with Gasteiger partial charge in [0, 0.05) is 11.0 Å². The molecule has 0 aromatic heterocycles. The van der Waals surface area contributed by atoms with Crippen LogP contribution in [0.1, 0.15) is 6.92 Å². The number of halogens is 1. The molecule has 124 valence electrons. The fourth-order valence-electron chi connectivity index (χ4n) is 2.28. The van der Waals surface area contributed by atoms with Crippen molar-refractivity contribution in [3.8, 4) is 5.75 Å². The molecule has 0 aliphatic carbocycles. The molecule has 2 aromatic carbocycles. The first-order chi connectivity index (χ1) is 11.4. The van der Waals surface area contributed by atoms with Gasteiger partial charge < -0.3 is 15.4 Å². The van der Waals surface area contributed by atoms with Crippen LogP contribution in [-0.4, -0.2) is 23.7 Å². The summed E-state index contributed by atoms with van der Waals surface area (Å²) < 4.78 is 3.83. The van der Waals surface area contributed by atoms with Crippen LogP contribution in [0.5, 0.6) is 5.75 Å². The third-order valence-electron chi connectivity index (χ3n) is 3.74. The first-order valence-corrected chi connectivity index (χ1v) is 8.38. The summed E-state index contributed by atoms with van der Waals surface area (Å²) in [6.45, 7) is 1.59. The molecule has 7 heteroatoms. The number of rotatable bonds is 3. The number of methoxy groups -OCH3 is 1. The number of fused-ring (bicyclic) bond motifs is 1. The maximum absolute atomic E-state index is 12.8. The summed E-state index contributed by atoms with van der Waals surface area (Å²) in [5.74, 6) is -0.261. The Kier molecular flexibility index (Phi) is 4.43. The second-order valence-corrected chi connectivity index (χ2v) is 7.25. The van der Waals surface area contributed by atoms with Crippen molar-refractivity contribution >= 4 is 46.6 Å². The summed E-state index contributed by atoms with van der Waals surface area (Å²) in [6.07, 6.45) is 0. The van der Waals surface area contributed by atoms with Crippen LogP contribution in [0.2, 0.25) is 5.02 Å². The van der Waals surface area contributed by atoms with Gasteiger partial charge in [-0.2, -0.15) is 0 Å². The number of amides is 2. The normalized spacial score (nSPS) is 19.2. The average molecular weight is 363 g/mol. The first kappa shape index (κ1) is 16.7. The summed E-state index contributed by atoms with van der Waals surface area (Å²) in [7, 11) is 1.53. The Labute approximate surface area is 148 Å². The fraction of sp³-hybridized carbons (Fsp3) is 0.176. The molecule has 0 bridgehead atoms. The van der Waals surface area contributed by atoms with Gasteiger partial charge in [0.1, 0.15) is 5.75 Å². The molecule has 0 fully saturated rings. The summed E-state index contributed by atoms with van der Waals surface area (Å²) in [4.78, 5) is 26.1. The van der Waals surface area contributed by atoms with Gasteiger partial charge >= 0.3 is 0 Å². The van der Waals surface area contributed by atoms with Crippen molar-refractivity contribution in [3.05, 3.63) is 47.5 Å². The Hall–Kier alpha value is -2.18. The van der Waals surface area contributed by atoms with E-state index in [2.05, 4.69) is 10.6 Å². The molecule has 0 saturated carbocycles. The lowest BCUT2D eigenvalue weighted by Gasteiger charge is -2.31. The molecule has 2 N–H and O–H groups in total. The minimum absolute atomic E-state index is 0.370. The Balaban J connectivity index is 1.88. The number of nitrogens with one attached hydrogen (secondary N) is 2. The highest BCUT2D eigenvalue weighted by Crippen LogP contribution is 2.43. The molecule has 24 heavy (non-hydrogen) atoms. The van der Waals surface area contributed by atoms with Crippen LogP contribution in [0.25, 0.3) is 0 Å². The standard InChI is InChI=1S/C17H15ClN2O3S/c1-17(15(21)19-12-5-3-4-6-14(12)24-17)16(22)20-13-9-10(23-2)7-8-11(13)18/h3-9H,1-2H3,(H,19,21)(H,20,22). The molecule has 0 saturated heterocycles. The van der Waals surface area contributed by atoms with E-state index in [0.717, 1.165) is 4.90 Å². The molecule has 1 aliphatic heterocycles. The Bertz CT molecular complexity index is 827. The molecule has 2 aromatic rings. The quantitative estimate of drug-likeness (QED) is 0.815. The van der Waals surface area contributed by atoms with Gasteiger partial charge in [-0.3, -0.25) is 9.59 Å². The van der Waals surface area contributed by atoms with Crippen molar-refractivity contribution < 1.29 is 14.3 Å². The van der Waals surface area contributed by atoms with Gasteiger partial charge in [0.15, 0.2) is 4.75 Å². The van der Waals surface area contributed by atoms with Crippen molar-refractivity contribution in [1.82, 2.24) is 0 Å². The maximum atomic E-state index is 12.8.